The second kappa shape index (κ2) is 6.44. The summed E-state index contributed by atoms with van der Waals surface area (Å²) < 4.78 is 1.47. The van der Waals surface area contributed by atoms with E-state index in [1.807, 2.05) is 6.92 Å². The molecular formula is C12H15ClN6O. The van der Waals surface area contributed by atoms with Crippen LogP contribution >= 0.6 is 11.6 Å². The molecule has 0 bridgehead atoms. The Labute approximate surface area is 121 Å². The van der Waals surface area contributed by atoms with Crippen molar-refractivity contribution in [1.82, 2.24) is 20.2 Å². The normalized spacial score (nSPS) is 12.2. The number of hydrogen-bond acceptors (Lipinski definition) is 5. The van der Waals surface area contributed by atoms with Gasteiger partial charge in [0, 0.05) is 0 Å². The largest absolute Gasteiger partial charge is 0.323 e. The van der Waals surface area contributed by atoms with Crippen molar-refractivity contribution in [1.29, 1.82) is 0 Å². The lowest BCUT2D eigenvalue weighted by atomic mass is 10.1. The minimum atomic E-state index is -0.548. The number of tetrazole rings is 1. The van der Waals surface area contributed by atoms with Gasteiger partial charge in [-0.15, -0.1) is 5.10 Å². The number of carbonyl (C=O) groups excluding carboxylic acids is 1. The van der Waals surface area contributed by atoms with Crippen molar-refractivity contribution in [2.24, 2.45) is 5.73 Å². The van der Waals surface area contributed by atoms with Crippen LogP contribution in [-0.2, 0) is 4.79 Å². The predicted octanol–water partition coefficient (Wildman–Crippen LogP) is 1.38. The van der Waals surface area contributed by atoms with Gasteiger partial charge in [0.15, 0.2) is 0 Å². The van der Waals surface area contributed by atoms with E-state index < -0.39 is 6.04 Å². The molecule has 2 rings (SSSR count). The molecule has 8 heteroatoms. The van der Waals surface area contributed by atoms with Crippen molar-refractivity contribution in [2.45, 2.75) is 25.8 Å². The molecule has 7 nitrogen and oxygen atoms in total. The Hall–Kier alpha value is -1.99. The van der Waals surface area contributed by atoms with E-state index in [4.69, 9.17) is 17.3 Å². The molecule has 20 heavy (non-hydrogen) atoms. The van der Waals surface area contributed by atoms with Gasteiger partial charge in [-0.2, -0.15) is 0 Å². The van der Waals surface area contributed by atoms with Crippen LogP contribution < -0.4 is 11.1 Å². The third-order valence-electron chi connectivity index (χ3n) is 2.76. The van der Waals surface area contributed by atoms with Crippen LogP contribution in [0.4, 0.5) is 5.69 Å². The maximum atomic E-state index is 11.9. The molecule has 0 fully saturated rings. The van der Waals surface area contributed by atoms with Crippen LogP contribution in [0.1, 0.15) is 19.8 Å². The molecule has 1 aromatic carbocycles. The minimum absolute atomic E-state index is 0.261. The predicted molar refractivity (Wildman–Crippen MR) is 75.7 cm³/mol. The van der Waals surface area contributed by atoms with E-state index in [2.05, 4.69) is 20.8 Å². The summed E-state index contributed by atoms with van der Waals surface area (Å²) in [7, 11) is 0. The number of amides is 1. The van der Waals surface area contributed by atoms with Gasteiger partial charge in [0.1, 0.15) is 6.33 Å². The molecule has 0 aliphatic carbocycles. The van der Waals surface area contributed by atoms with Crippen LogP contribution in [-0.4, -0.2) is 32.2 Å². The first-order chi connectivity index (χ1) is 9.61. The van der Waals surface area contributed by atoms with Crippen molar-refractivity contribution in [3.8, 4) is 5.69 Å². The number of nitrogens with two attached hydrogens (primary N) is 1. The Morgan fingerprint density at radius 2 is 2.35 bits per heavy atom. The fraction of sp³-hybridized carbons (Fsp3) is 0.333. The van der Waals surface area contributed by atoms with Crippen molar-refractivity contribution in [2.75, 3.05) is 5.32 Å². The van der Waals surface area contributed by atoms with Crippen LogP contribution in [0.3, 0.4) is 0 Å². The molecule has 3 N–H and O–H groups in total. The summed E-state index contributed by atoms with van der Waals surface area (Å²) in [6, 6.07) is 4.56. The molecule has 0 saturated heterocycles. The van der Waals surface area contributed by atoms with Crippen molar-refractivity contribution >= 4 is 23.2 Å². The molecule has 0 saturated carbocycles. The second-order valence-corrected chi connectivity index (χ2v) is 4.71. The number of halogens is 1. The van der Waals surface area contributed by atoms with Crippen LogP contribution in [0.5, 0.6) is 0 Å². The van der Waals surface area contributed by atoms with E-state index in [0.29, 0.717) is 22.8 Å². The average Bonchev–Trinajstić information content (AvgIpc) is 2.95. The second-order valence-electron chi connectivity index (χ2n) is 4.30. The third kappa shape index (κ3) is 3.31. The number of aromatic nitrogens is 4. The summed E-state index contributed by atoms with van der Waals surface area (Å²) in [5, 5.41) is 14.0. The Balaban J connectivity index is 2.19. The summed E-state index contributed by atoms with van der Waals surface area (Å²) in [5.41, 5.74) is 6.94. The third-order valence-corrected chi connectivity index (χ3v) is 3.09. The molecule has 0 radical (unpaired) electrons. The molecule has 0 unspecified atom stereocenters. The smallest absolute Gasteiger partial charge is 0.241 e. The zero-order chi connectivity index (χ0) is 14.5. The Morgan fingerprint density at radius 3 is 3.00 bits per heavy atom. The van der Waals surface area contributed by atoms with Gasteiger partial charge in [0.05, 0.1) is 22.4 Å². The van der Waals surface area contributed by atoms with E-state index in [0.717, 1.165) is 6.42 Å². The monoisotopic (exact) mass is 294 g/mol. The summed E-state index contributed by atoms with van der Waals surface area (Å²) in [5.74, 6) is -0.261. The summed E-state index contributed by atoms with van der Waals surface area (Å²) >= 11 is 6.07. The molecule has 106 valence electrons. The number of nitrogens with one attached hydrogen (secondary N) is 1. The number of carbonyl (C=O) groups is 1. The Morgan fingerprint density at radius 1 is 1.55 bits per heavy atom. The highest BCUT2D eigenvalue weighted by Crippen LogP contribution is 2.24. The first-order valence-corrected chi connectivity index (χ1v) is 6.59. The first-order valence-electron chi connectivity index (χ1n) is 6.21. The van der Waals surface area contributed by atoms with Gasteiger partial charge in [0.25, 0.3) is 0 Å². The fourth-order valence-corrected chi connectivity index (χ4v) is 1.86. The Kier molecular flexibility index (Phi) is 4.65. The molecular weight excluding hydrogens is 280 g/mol. The maximum absolute atomic E-state index is 11.9. The number of anilines is 1. The van der Waals surface area contributed by atoms with E-state index in [1.54, 1.807) is 18.2 Å². The van der Waals surface area contributed by atoms with Gasteiger partial charge in [-0.3, -0.25) is 4.79 Å². The van der Waals surface area contributed by atoms with Gasteiger partial charge < -0.3 is 11.1 Å². The summed E-state index contributed by atoms with van der Waals surface area (Å²) in [6.45, 7) is 1.97. The lowest BCUT2D eigenvalue weighted by molar-refractivity contribution is -0.117. The van der Waals surface area contributed by atoms with Crippen LogP contribution in [0.2, 0.25) is 5.02 Å². The maximum Gasteiger partial charge on any atom is 0.241 e. The van der Waals surface area contributed by atoms with Gasteiger partial charge in [-0.25, -0.2) is 4.68 Å². The molecule has 1 atom stereocenters. The zero-order valence-electron chi connectivity index (χ0n) is 11.0. The lowest BCUT2D eigenvalue weighted by Crippen LogP contribution is -2.35. The van der Waals surface area contributed by atoms with E-state index in [9.17, 15) is 4.79 Å². The SMILES string of the molecule is CCC[C@@H](N)C(=O)Nc1cc(-n2cnnn2)ccc1Cl. The summed E-state index contributed by atoms with van der Waals surface area (Å²) in [4.78, 5) is 11.9. The molecule has 0 aliphatic heterocycles. The fourth-order valence-electron chi connectivity index (χ4n) is 1.70. The molecule has 0 spiro atoms. The summed E-state index contributed by atoms with van der Waals surface area (Å²) in [6.07, 6.45) is 2.92. The van der Waals surface area contributed by atoms with Crippen LogP contribution in [0, 0.1) is 0 Å². The van der Waals surface area contributed by atoms with E-state index in [1.165, 1.54) is 11.0 Å². The number of benzene rings is 1. The van der Waals surface area contributed by atoms with E-state index >= 15 is 0 Å². The number of nitrogens with zero attached hydrogens (tertiary/aromatic N) is 4. The Bertz CT molecular complexity index is 586. The molecule has 1 amide bonds. The van der Waals surface area contributed by atoms with E-state index in [-0.39, 0.29) is 5.91 Å². The highest BCUT2D eigenvalue weighted by molar-refractivity contribution is 6.33. The minimum Gasteiger partial charge on any atom is -0.323 e. The topological polar surface area (TPSA) is 98.7 Å². The quantitative estimate of drug-likeness (QED) is 0.868. The molecule has 0 aliphatic rings. The van der Waals surface area contributed by atoms with Crippen LogP contribution in [0.25, 0.3) is 5.69 Å². The molecule has 1 heterocycles. The van der Waals surface area contributed by atoms with Gasteiger partial charge in [-0.05, 0) is 35.0 Å². The van der Waals surface area contributed by atoms with Gasteiger partial charge in [0.2, 0.25) is 5.91 Å². The van der Waals surface area contributed by atoms with Gasteiger partial charge >= 0.3 is 0 Å². The number of rotatable bonds is 5. The van der Waals surface area contributed by atoms with Crippen molar-refractivity contribution in [3.63, 3.8) is 0 Å². The zero-order valence-corrected chi connectivity index (χ0v) is 11.7. The average molecular weight is 295 g/mol. The first kappa shape index (κ1) is 14.4. The highest BCUT2D eigenvalue weighted by atomic mass is 35.5. The van der Waals surface area contributed by atoms with Gasteiger partial charge in [-0.1, -0.05) is 24.9 Å². The van der Waals surface area contributed by atoms with Crippen molar-refractivity contribution in [3.05, 3.63) is 29.5 Å². The lowest BCUT2D eigenvalue weighted by Gasteiger charge is -2.13. The molecule has 1 aromatic heterocycles. The van der Waals surface area contributed by atoms with Crippen molar-refractivity contribution < 1.29 is 4.79 Å². The highest BCUT2D eigenvalue weighted by Gasteiger charge is 2.14. The molecule has 2 aromatic rings. The standard InChI is InChI=1S/C12H15ClN6O/c1-2-3-10(14)12(20)16-11-6-8(4-5-9(11)13)19-7-15-17-18-19/h4-7,10H,2-3,14H2,1H3,(H,16,20)/t10-/m1/s1. The van der Waals surface area contributed by atoms with Crippen LogP contribution in [0.15, 0.2) is 24.5 Å². The number of hydrogen-bond donors (Lipinski definition) is 2.